The van der Waals surface area contributed by atoms with Gasteiger partial charge in [0.25, 0.3) is 0 Å². The lowest BCUT2D eigenvalue weighted by atomic mass is 10.1. The van der Waals surface area contributed by atoms with Crippen molar-refractivity contribution < 1.29 is 9.47 Å². The minimum absolute atomic E-state index is 0.345. The Balaban J connectivity index is 1.76. The Morgan fingerprint density at radius 2 is 1.70 bits per heavy atom. The van der Waals surface area contributed by atoms with Crippen molar-refractivity contribution in [2.24, 2.45) is 4.99 Å². The lowest BCUT2D eigenvalue weighted by Crippen LogP contribution is -2.43. The number of benzene rings is 2. The predicted octanol–water partition coefficient (Wildman–Crippen LogP) is 3.43. The molecule has 2 aromatic carbocycles. The first-order valence-electron chi connectivity index (χ1n) is 9.38. The van der Waals surface area contributed by atoms with E-state index in [2.05, 4.69) is 58.9 Å². The van der Waals surface area contributed by atoms with Crippen LogP contribution in [0.25, 0.3) is 0 Å². The van der Waals surface area contributed by atoms with Gasteiger partial charge in [-0.25, -0.2) is 0 Å². The van der Waals surface area contributed by atoms with Gasteiger partial charge in [-0.15, -0.1) is 0 Å². The molecule has 5 heteroatoms. The van der Waals surface area contributed by atoms with Crippen molar-refractivity contribution in [3.05, 3.63) is 59.7 Å². The number of methoxy groups -OCH3 is 2. The Morgan fingerprint density at radius 1 is 0.963 bits per heavy atom. The number of guanidine groups is 1. The van der Waals surface area contributed by atoms with Gasteiger partial charge in [-0.3, -0.25) is 4.99 Å². The zero-order valence-electron chi connectivity index (χ0n) is 16.8. The van der Waals surface area contributed by atoms with Gasteiger partial charge in [0, 0.05) is 19.6 Å². The SMILES string of the molecule is CN=C(NCCc1ccc(OC)c(OC)c1)NC(C)CCc1ccccc1. The molecular formula is C22H31N3O2. The van der Waals surface area contributed by atoms with Gasteiger partial charge in [0.15, 0.2) is 17.5 Å². The third-order valence-electron chi connectivity index (χ3n) is 4.47. The van der Waals surface area contributed by atoms with Crippen LogP contribution in [0.5, 0.6) is 11.5 Å². The summed E-state index contributed by atoms with van der Waals surface area (Å²) in [7, 11) is 5.10. The van der Waals surface area contributed by atoms with E-state index in [0.717, 1.165) is 43.3 Å². The zero-order valence-corrected chi connectivity index (χ0v) is 16.8. The molecular weight excluding hydrogens is 338 g/mol. The van der Waals surface area contributed by atoms with Crippen LogP contribution in [-0.4, -0.2) is 39.8 Å². The highest BCUT2D eigenvalue weighted by Gasteiger charge is 2.07. The molecule has 0 aliphatic heterocycles. The van der Waals surface area contributed by atoms with E-state index in [4.69, 9.17) is 9.47 Å². The van der Waals surface area contributed by atoms with E-state index in [0.29, 0.717) is 6.04 Å². The fourth-order valence-electron chi connectivity index (χ4n) is 2.89. The average Bonchev–Trinajstić information content (AvgIpc) is 2.72. The van der Waals surface area contributed by atoms with Crippen LogP contribution in [0, 0.1) is 0 Å². The van der Waals surface area contributed by atoms with Crippen LogP contribution in [0.2, 0.25) is 0 Å². The van der Waals surface area contributed by atoms with Gasteiger partial charge in [0.2, 0.25) is 0 Å². The van der Waals surface area contributed by atoms with Gasteiger partial charge in [0.05, 0.1) is 14.2 Å². The molecule has 0 amide bonds. The maximum atomic E-state index is 5.36. The summed E-state index contributed by atoms with van der Waals surface area (Å²) in [6, 6.07) is 16.9. The average molecular weight is 370 g/mol. The van der Waals surface area contributed by atoms with Gasteiger partial charge in [0.1, 0.15) is 0 Å². The molecule has 2 N–H and O–H groups in total. The van der Waals surface area contributed by atoms with E-state index in [1.54, 1.807) is 21.3 Å². The Hall–Kier alpha value is -2.69. The van der Waals surface area contributed by atoms with Crippen LogP contribution in [0.3, 0.4) is 0 Å². The maximum absolute atomic E-state index is 5.36. The van der Waals surface area contributed by atoms with Crippen molar-refractivity contribution >= 4 is 5.96 Å². The summed E-state index contributed by atoms with van der Waals surface area (Å²) in [4.78, 5) is 4.33. The summed E-state index contributed by atoms with van der Waals surface area (Å²) in [5.41, 5.74) is 2.55. The molecule has 0 spiro atoms. The van der Waals surface area contributed by atoms with E-state index in [-0.39, 0.29) is 0 Å². The van der Waals surface area contributed by atoms with E-state index in [9.17, 15) is 0 Å². The van der Waals surface area contributed by atoms with E-state index in [1.807, 2.05) is 12.1 Å². The van der Waals surface area contributed by atoms with Crippen LogP contribution < -0.4 is 20.1 Å². The summed E-state index contributed by atoms with van der Waals surface area (Å²) in [5, 5.41) is 6.84. The second-order valence-electron chi connectivity index (χ2n) is 6.51. The minimum Gasteiger partial charge on any atom is -0.493 e. The number of aliphatic imine (C=N–C) groups is 1. The fraction of sp³-hybridized carbons (Fsp3) is 0.409. The van der Waals surface area contributed by atoms with Gasteiger partial charge >= 0.3 is 0 Å². The second kappa shape index (κ2) is 11.1. The van der Waals surface area contributed by atoms with Crippen molar-refractivity contribution in [1.82, 2.24) is 10.6 Å². The highest BCUT2D eigenvalue weighted by atomic mass is 16.5. The zero-order chi connectivity index (χ0) is 19.5. The van der Waals surface area contributed by atoms with Crippen LogP contribution in [0.15, 0.2) is 53.5 Å². The standard InChI is InChI=1S/C22H31N3O2/c1-17(10-11-18-8-6-5-7-9-18)25-22(23-2)24-15-14-19-12-13-20(26-3)21(16-19)27-4/h5-9,12-13,16-17H,10-11,14-15H2,1-4H3,(H2,23,24,25). The third-order valence-corrected chi connectivity index (χ3v) is 4.47. The van der Waals surface area contributed by atoms with Gasteiger partial charge < -0.3 is 20.1 Å². The molecule has 0 bridgehead atoms. The van der Waals surface area contributed by atoms with Crippen molar-refractivity contribution in [2.45, 2.75) is 32.2 Å². The fourth-order valence-corrected chi connectivity index (χ4v) is 2.89. The Bertz CT molecular complexity index is 717. The number of nitrogens with one attached hydrogen (secondary N) is 2. The van der Waals surface area contributed by atoms with Gasteiger partial charge in [-0.05, 0) is 49.4 Å². The largest absolute Gasteiger partial charge is 0.493 e. The maximum Gasteiger partial charge on any atom is 0.191 e. The molecule has 0 aromatic heterocycles. The number of aryl methyl sites for hydroxylation is 1. The van der Waals surface area contributed by atoms with Crippen LogP contribution in [0.1, 0.15) is 24.5 Å². The summed E-state index contributed by atoms with van der Waals surface area (Å²) in [6.45, 7) is 2.98. The number of rotatable bonds is 9. The first kappa shape index (κ1) is 20.6. The molecule has 0 heterocycles. The van der Waals surface area contributed by atoms with Crippen LogP contribution in [-0.2, 0) is 12.8 Å². The highest BCUT2D eigenvalue weighted by molar-refractivity contribution is 5.79. The molecule has 0 aliphatic rings. The molecule has 2 aromatic rings. The van der Waals surface area contributed by atoms with Gasteiger partial charge in [-0.1, -0.05) is 36.4 Å². The normalized spacial score (nSPS) is 12.4. The third kappa shape index (κ3) is 6.85. The molecule has 0 aliphatic carbocycles. The first-order chi connectivity index (χ1) is 13.2. The smallest absolute Gasteiger partial charge is 0.191 e. The summed E-state index contributed by atoms with van der Waals surface area (Å²) in [6.07, 6.45) is 2.98. The van der Waals surface area contributed by atoms with Gasteiger partial charge in [-0.2, -0.15) is 0 Å². The molecule has 0 saturated carbocycles. The molecule has 1 atom stereocenters. The molecule has 27 heavy (non-hydrogen) atoms. The molecule has 146 valence electrons. The molecule has 0 saturated heterocycles. The highest BCUT2D eigenvalue weighted by Crippen LogP contribution is 2.27. The van der Waals surface area contributed by atoms with Crippen molar-refractivity contribution in [2.75, 3.05) is 27.8 Å². The van der Waals surface area contributed by atoms with Crippen LogP contribution in [0.4, 0.5) is 0 Å². The van der Waals surface area contributed by atoms with Crippen molar-refractivity contribution in [1.29, 1.82) is 0 Å². The summed E-state index contributed by atoms with van der Waals surface area (Å²) in [5.74, 6) is 2.34. The number of hydrogen-bond donors (Lipinski definition) is 2. The minimum atomic E-state index is 0.345. The first-order valence-corrected chi connectivity index (χ1v) is 9.38. The second-order valence-corrected chi connectivity index (χ2v) is 6.51. The summed E-state index contributed by atoms with van der Waals surface area (Å²) < 4.78 is 10.6. The monoisotopic (exact) mass is 369 g/mol. The number of hydrogen-bond acceptors (Lipinski definition) is 3. The van der Waals surface area contributed by atoms with E-state index in [1.165, 1.54) is 11.1 Å². The molecule has 5 nitrogen and oxygen atoms in total. The number of ether oxygens (including phenoxy) is 2. The topological polar surface area (TPSA) is 54.9 Å². The lowest BCUT2D eigenvalue weighted by Gasteiger charge is -2.18. The summed E-state index contributed by atoms with van der Waals surface area (Å²) >= 11 is 0. The molecule has 0 fully saturated rings. The van der Waals surface area contributed by atoms with E-state index >= 15 is 0 Å². The Labute approximate surface area is 162 Å². The van der Waals surface area contributed by atoms with Crippen molar-refractivity contribution in [3.63, 3.8) is 0 Å². The Morgan fingerprint density at radius 3 is 2.37 bits per heavy atom. The lowest BCUT2D eigenvalue weighted by molar-refractivity contribution is 0.354. The molecule has 2 rings (SSSR count). The molecule has 0 radical (unpaired) electrons. The van der Waals surface area contributed by atoms with Crippen molar-refractivity contribution in [3.8, 4) is 11.5 Å². The van der Waals surface area contributed by atoms with Crippen LogP contribution >= 0.6 is 0 Å². The van der Waals surface area contributed by atoms with E-state index < -0.39 is 0 Å². The number of nitrogens with zero attached hydrogens (tertiary/aromatic N) is 1. The quantitative estimate of drug-likeness (QED) is 0.525. The predicted molar refractivity (Wildman–Crippen MR) is 112 cm³/mol. The molecule has 1 unspecified atom stereocenters. The Kier molecular flexibility index (Phi) is 8.49.